The first kappa shape index (κ1) is 27.1. The van der Waals surface area contributed by atoms with Gasteiger partial charge in [0.25, 0.3) is 0 Å². The number of benzene rings is 2. The van der Waals surface area contributed by atoms with Gasteiger partial charge in [-0.3, -0.25) is 4.79 Å². The zero-order valence-electron chi connectivity index (χ0n) is 21.0. The number of hydrogen-bond acceptors (Lipinski definition) is 5. The van der Waals surface area contributed by atoms with Crippen molar-refractivity contribution in [1.29, 1.82) is 0 Å². The molecule has 3 rings (SSSR count). The summed E-state index contributed by atoms with van der Waals surface area (Å²) < 4.78 is 17.1. The van der Waals surface area contributed by atoms with Crippen LogP contribution in [0, 0.1) is 0 Å². The standard InChI is InChI=1S/C27H32BrN3O5/c1-19(2)31(27(33)29-22-10-8-21(28)9-11-22)18-26(32)30(17-23-6-5-15-36-23)14-13-20-7-12-24(34-3)25(16-20)35-4/h5-12,15-16,19H,13-14,17-18H2,1-4H3,(H,29,33). The summed E-state index contributed by atoms with van der Waals surface area (Å²) in [4.78, 5) is 29.7. The van der Waals surface area contributed by atoms with Crippen LogP contribution in [0.2, 0.25) is 0 Å². The number of carbonyl (C=O) groups is 2. The van der Waals surface area contributed by atoms with Gasteiger partial charge in [0.2, 0.25) is 5.91 Å². The largest absolute Gasteiger partial charge is 0.493 e. The minimum absolute atomic E-state index is 0.0628. The van der Waals surface area contributed by atoms with Gasteiger partial charge in [-0.1, -0.05) is 22.0 Å². The fraction of sp³-hybridized carbons (Fsp3) is 0.333. The quantitative estimate of drug-likeness (QED) is 0.333. The van der Waals surface area contributed by atoms with Crippen LogP contribution in [0.25, 0.3) is 0 Å². The predicted octanol–water partition coefficient (Wildman–Crippen LogP) is 5.57. The molecule has 1 N–H and O–H groups in total. The van der Waals surface area contributed by atoms with Crippen molar-refractivity contribution in [3.8, 4) is 11.5 Å². The second-order valence-electron chi connectivity index (χ2n) is 8.49. The Kier molecular flexibility index (Phi) is 9.81. The lowest BCUT2D eigenvalue weighted by molar-refractivity contribution is -0.133. The fourth-order valence-electron chi connectivity index (χ4n) is 3.65. The van der Waals surface area contributed by atoms with Gasteiger partial charge < -0.3 is 29.0 Å². The number of urea groups is 1. The molecule has 36 heavy (non-hydrogen) atoms. The number of methoxy groups -OCH3 is 2. The summed E-state index contributed by atoms with van der Waals surface area (Å²) in [6, 6.07) is 16.1. The summed E-state index contributed by atoms with van der Waals surface area (Å²) in [6.07, 6.45) is 2.18. The van der Waals surface area contributed by atoms with Gasteiger partial charge in [0, 0.05) is 22.7 Å². The highest BCUT2D eigenvalue weighted by Crippen LogP contribution is 2.28. The van der Waals surface area contributed by atoms with E-state index in [-0.39, 0.29) is 24.5 Å². The Bertz CT molecular complexity index is 1130. The summed E-state index contributed by atoms with van der Waals surface area (Å²) in [5.41, 5.74) is 1.65. The highest BCUT2D eigenvalue weighted by molar-refractivity contribution is 9.10. The molecule has 0 saturated heterocycles. The van der Waals surface area contributed by atoms with Gasteiger partial charge in [-0.05, 0) is 74.4 Å². The Hall–Kier alpha value is -3.46. The van der Waals surface area contributed by atoms with Gasteiger partial charge >= 0.3 is 6.03 Å². The summed E-state index contributed by atoms with van der Waals surface area (Å²) in [5.74, 6) is 1.78. The molecule has 0 aliphatic heterocycles. The van der Waals surface area contributed by atoms with Crippen LogP contribution in [0.3, 0.4) is 0 Å². The van der Waals surface area contributed by atoms with Gasteiger partial charge in [0.15, 0.2) is 11.5 Å². The number of nitrogens with zero attached hydrogens (tertiary/aromatic N) is 2. The van der Waals surface area contributed by atoms with Crippen LogP contribution in [0.4, 0.5) is 10.5 Å². The van der Waals surface area contributed by atoms with Crippen molar-refractivity contribution in [3.05, 3.63) is 76.7 Å². The molecule has 0 bridgehead atoms. The van der Waals surface area contributed by atoms with E-state index in [2.05, 4.69) is 21.2 Å². The van der Waals surface area contributed by atoms with E-state index in [1.807, 2.05) is 50.2 Å². The number of furan rings is 1. The topological polar surface area (TPSA) is 84.2 Å². The molecule has 0 aliphatic carbocycles. The molecule has 192 valence electrons. The van der Waals surface area contributed by atoms with Crippen molar-refractivity contribution in [1.82, 2.24) is 9.80 Å². The number of anilines is 1. The molecule has 0 spiro atoms. The van der Waals surface area contributed by atoms with Gasteiger partial charge in [-0.15, -0.1) is 0 Å². The number of rotatable bonds is 11. The van der Waals surface area contributed by atoms with E-state index < -0.39 is 0 Å². The maximum absolute atomic E-state index is 13.4. The number of amides is 3. The Morgan fingerprint density at radius 2 is 1.75 bits per heavy atom. The van der Waals surface area contributed by atoms with Crippen molar-refractivity contribution < 1.29 is 23.5 Å². The second-order valence-corrected chi connectivity index (χ2v) is 9.41. The molecule has 1 heterocycles. The molecular formula is C27H32BrN3O5. The number of halogens is 1. The molecule has 2 aromatic carbocycles. The Morgan fingerprint density at radius 3 is 2.36 bits per heavy atom. The molecular weight excluding hydrogens is 526 g/mol. The minimum Gasteiger partial charge on any atom is -0.493 e. The Morgan fingerprint density at radius 1 is 1.03 bits per heavy atom. The van der Waals surface area contributed by atoms with Crippen LogP contribution in [0.15, 0.2) is 69.8 Å². The van der Waals surface area contributed by atoms with Gasteiger partial charge in [-0.25, -0.2) is 4.79 Å². The zero-order valence-corrected chi connectivity index (χ0v) is 22.6. The van der Waals surface area contributed by atoms with E-state index in [4.69, 9.17) is 13.9 Å². The number of ether oxygens (including phenoxy) is 2. The predicted molar refractivity (Wildman–Crippen MR) is 142 cm³/mol. The van der Waals surface area contributed by atoms with E-state index in [1.54, 1.807) is 43.6 Å². The van der Waals surface area contributed by atoms with Crippen molar-refractivity contribution >= 4 is 33.6 Å². The molecule has 0 atom stereocenters. The molecule has 0 aliphatic rings. The monoisotopic (exact) mass is 557 g/mol. The lowest BCUT2D eigenvalue weighted by Gasteiger charge is -2.30. The lowest BCUT2D eigenvalue weighted by Crippen LogP contribution is -2.47. The van der Waals surface area contributed by atoms with Crippen molar-refractivity contribution in [2.24, 2.45) is 0 Å². The smallest absolute Gasteiger partial charge is 0.322 e. The maximum Gasteiger partial charge on any atom is 0.322 e. The number of carbonyl (C=O) groups excluding carboxylic acids is 2. The summed E-state index contributed by atoms with van der Waals surface area (Å²) >= 11 is 3.39. The Balaban J connectivity index is 1.72. The normalized spacial score (nSPS) is 10.7. The minimum atomic E-state index is -0.335. The molecule has 3 amide bonds. The third-order valence-electron chi connectivity index (χ3n) is 5.68. The van der Waals surface area contributed by atoms with Gasteiger partial charge in [0.05, 0.1) is 27.0 Å². The number of nitrogens with one attached hydrogen (secondary N) is 1. The van der Waals surface area contributed by atoms with Crippen molar-refractivity contribution in [2.45, 2.75) is 32.9 Å². The van der Waals surface area contributed by atoms with E-state index in [1.165, 1.54) is 4.90 Å². The highest BCUT2D eigenvalue weighted by Gasteiger charge is 2.24. The number of hydrogen-bond donors (Lipinski definition) is 1. The molecule has 3 aromatic rings. The van der Waals surface area contributed by atoms with Crippen LogP contribution in [0.5, 0.6) is 11.5 Å². The molecule has 0 radical (unpaired) electrons. The van der Waals surface area contributed by atoms with E-state index in [9.17, 15) is 9.59 Å². The fourth-order valence-corrected chi connectivity index (χ4v) is 3.91. The molecule has 0 unspecified atom stereocenters. The van der Waals surface area contributed by atoms with Gasteiger partial charge in [0.1, 0.15) is 12.3 Å². The summed E-state index contributed by atoms with van der Waals surface area (Å²) in [7, 11) is 3.18. The van der Waals surface area contributed by atoms with E-state index >= 15 is 0 Å². The Labute approximate surface area is 220 Å². The van der Waals surface area contributed by atoms with Gasteiger partial charge in [-0.2, -0.15) is 0 Å². The third-order valence-corrected chi connectivity index (χ3v) is 6.21. The van der Waals surface area contributed by atoms with Crippen molar-refractivity contribution in [2.75, 3.05) is 32.6 Å². The van der Waals surface area contributed by atoms with E-state index in [0.717, 1.165) is 10.0 Å². The second kappa shape index (κ2) is 13.0. The van der Waals surface area contributed by atoms with Crippen LogP contribution >= 0.6 is 15.9 Å². The average molecular weight is 558 g/mol. The molecule has 0 saturated carbocycles. The summed E-state index contributed by atoms with van der Waals surface area (Å²) in [6.45, 7) is 4.45. The van der Waals surface area contributed by atoms with Crippen LogP contribution < -0.4 is 14.8 Å². The van der Waals surface area contributed by atoms with Crippen LogP contribution in [0.1, 0.15) is 25.2 Å². The SMILES string of the molecule is COc1ccc(CCN(Cc2ccco2)C(=O)CN(C(=O)Nc2ccc(Br)cc2)C(C)C)cc1OC. The summed E-state index contributed by atoms with van der Waals surface area (Å²) in [5, 5.41) is 2.87. The van der Waals surface area contributed by atoms with Crippen LogP contribution in [-0.2, 0) is 17.8 Å². The first-order valence-corrected chi connectivity index (χ1v) is 12.4. The third kappa shape index (κ3) is 7.52. The van der Waals surface area contributed by atoms with E-state index in [0.29, 0.717) is 42.5 Å². The molecule has 1 aromatic heterocycles. The van der Waals surface area contributed by atoms with Crippen molar-refractivity contribution in [3.63, 3.8) is 0 Å². The molecule has 9 heteroatoms. The lowest BCUT2D eigenvalue weighted by atomic mass is 10.1. The maximum atomic E-state index is 13.4. The van der Waals surface area contributed by atoms with Crippen LogP contribution in [-0.4, -0.2) is 55.1 Å². The zero-order chi connectivity index (χ0) is 26.1. The first-order chi connectivity index (χ1) is 17.3. The first-order valence-electron chi connectivity index (χ1n) is 11.6. The highest BCUT2D eigenvalue weighted by atomic mass is 79.9. The molecule has 8 nitrogen and oxygen atoms in total. The average Bonchev–Trinajstić information content (AvgIpc) is 3.39. The molecule has 0 fully saturated rings.